The van der Waals surface area contributed by atoms with Crippen molar-refractivity contribution in [2.45, 2.75) is 45.4 Å². The summed E-state index contributed by atoms with van der Waals surface area (Å²) in [5, 5.41) is 14.9. The van der Waals surface area contributed by atoms with Crippen molar-refractivity contribution < 1.29 is 4.42 Å². The number of nitrogens with zero attached hydrogens (tertiary/aromatic N) is 5. The van der Waals surface area contributed by atoms with Crippen LogP contribution in [0.2, 0.25) is 0 Å². The Hall–Kier alpha value is -2.77. The lowest BCUT2D eigenvalue weighted by Crippen LogP contribution is -2.34. The highest BCUT2D eigenvalue weighted by Crippen LogP contribution is 2.34. The van der Waals surface area contributed by atoms with E-state index < -0.39 is 0 Å². The molecule has 3 heterocycles. The minimum atomic E-state index is -0.225. The van der Waals surface area contributed by atoms with Crippen molar-refractivity contribution in [3.05, 3.63) is 88.3 Å². The fraction of sp³-hybridized carbons (Fsp3) is 0.318. The molecule has 6 nitrogen and oxygen atoms in total. The van der Waals surface area contributed by atoms with Crippen molar-refractivity contribution in [2.24, 2.45) is 0 Å². The summed E-state index contributed by atoms with van der Waals surface area (Å²) in [6.07, 6.45) is 1.72. The Morgan fingerprint density at radius 3 is 2.52 bits per heavy atom. The summed E-state index contributed by atoms with van der Waals surface area (Å²) in [5.41, 5.74) is 1.01. The molecule has 0 radical (unpaired) electrons. The Bertz CT molecular complexity index is 1000. The van der Waals surface area contributed by atoms with Crippen molar-refractivity contribution in [1.82, 2.24) is 25.1 Å². The van der Waals surface area contributed by atoms with Gasteiger partial charge in [0, 0.05) is 11.4 Å². The van der Waals surface area contributed by atoms with Gasteiger partial charge in [-0.25, -0.2) is 4.68 Å². The van der Waals surface area contributed by atoms with Crippen LogP contribution in [0.1, 0.15) is 48.8 Å². The van der Waals surface area contributed by atoms with Gasteiger partial charge in [-0.15, -0.1) is 16.4 Å². The Morgan fingerprint density at radius 2 is 1.86 bits per heavy atom. The van der Waals surface area contributed by atoms with Crippen LogP contribution < -0.4 is 0 Å². The standard InChI is InChI=1S/C22H25N5OS/c1-22(2,3)27-21(23-24-25-27)20(19-12-8-14-29-19)26(16-18-11-7-13-28-18)15-17-9-5-4-6-10-17/h4-14,20H,15-16H2,1-3H3/t20-/m1/s1. The number of thiophene rings is 1. The van der Waals surface area contributed by atoms with Gasteiger partial charge in [0.05, 0.1) is 18.3 Å². The summed E-state index contributed by atoms with van der Waals surface area (Å²) >= 11 is 1.72. The molecule has 0 unspecified atom stereocenters. The van der Waals surface area contributed by atoms with Crippen molar-refractivity contribution in [1.29, 1.82) is 0 Å². The minimum Gasteiger partial charge on any atom is -0.468 e. The molecule has 0 aliphatic heterocycles. The predicted octanol–water partition coefficient (Wildman–Crippen LogP) is 4.87. The molecule has 7 heteroatoms. The number of aromatic nitrogens is 4. The highest BCUT2D eigenvalue weighted by atomic mass is 32.1. The highest BCUT2D eigenvalue weighted by molar-refractivity contribution is 7.10. The molecule has 0 aliphatic rings. The van der Waals surface area contributed by atoms with Gasteiger partial charge in [0.2, 0.25) is 0 Å². The molecular weight excluding hydrogens is 382 g/mol. The van der Waals surface area contributed by atoms with Gasteiger partial charge in [0.25, 0.3) is 0 Å². The second-order valence-corrected chi connectivity index (χ2v) is 8.99. The first kappa shape index (κ1) is 19.5. The van der Waals surface area contributed by atoms with E-state index in [4.69, 9.17) is 4.42 Å². The second kappa shape index (κ2) is 8.31. The topological polar surface area (TPSA) is 60.0 Å². The average molecular weight is 408 g/mol. The molecule has 0 spiro atoms. The third kappa shape index (κ3) is 4.46. The zero-order chi connectivity index (χ0) is 20.3. The van der Waals surface area contributed by atoms with E-state index in [-0.39, 0.29) is 11.6 Å². The maximum absolute atomic E-state index is 5.69. The zero-order valence-electron chi connectivity index (χ0n) is 16.9. The van der Waals surface area contributed by atoms with E-state index >= 15 is 0 Å². The Balaban J connectivity index is 1.79. The second-order valence-electron chi connectivity index (χ2n) is 8.01. The number of hydrogen-bond donors (Lipinski definition) is 0. The Kier molecular flexibility index (Phi) is 5.60. The molecule has 0 saturated carbocycles. The molecule has 3 aromatic heterocycles. The van der Waals surface area contributed by atoms with Gasteiger partial charge in [-0.3, -0.25) is 4.90 Å². The molecule has 29 heavy (non-hydrogen) atoms. The van der Waals surface area contributed by atoms with Crippen LogP contribution in [0.15, 0.2) is 70.7 Å². The number of hydrogen-bond acceptors (Lipinski definition) is 6. The normalized spacial score (nSPS) is 13.1. The van der Waals surface area contributed by atoms with Gasteiger partial charge in [-0.2, -0.15) is 0 Å². The van der Waals surface area contributed by atoms with Crippen LogP contribution in [-0.4, -0.2) is 25.1 Å². The third-order valence-corrected chi connectivity index (χ3v) is 5.64. The van der Waals surface area contributed by atoms with Crippen molar-refractivity contribution in [3.63, 3.8) is 0 Å². The zero-order valence-corrected chi connectivity index (χ0v) is 17.7. The first-order valence-electron chi connectivity index (χ1n) is 9.65. The van der Waals surface area contributed by atoms with Crippen molar-refractivity contribution in [2.75, 3.05) is 0 Å². The maximum Gasteiger partial charge on any atom is 0.174 e. The fourth-order valence-corrected chi connectivity index (χ4v) is 4.27. The molecule has 0 amide bonds. The lowest BCUT2D eigenvalue weighted by molar-refractivity contribution is 0.174. The molecule has 0 saturated heterocycles. The van der Waals surface area contributed by atoms with Crippen LogP contribution in [0.3, 0.4) is 0 Å². The summed E-state index contributed by atoms with van der Waals surface area (Å²) in [7, 11) is 0. The van der Waals surface area contributed by atoms with Gasteiger partial charge >= 0.3 is 0 Å². The summed E-state index contributed by atoms with van der Waals surface area (Å²) < 4.78 is 7.62. The lowest BCUT2D eigenvalue weighted by atomic mass is 10.1. The largest absolute Gasteiger partial charge is 0.468 e. The molecule has 0 aliphatic carbocycles. The molecular formula is C22H25N5OS. The molecule has 150 valence electrons. The molecule has 0 fully saturated rings. The van der Waals surface area contributed by atoms with Gasteiger partial charge in [-0.05, 0) is 60.3 Å². The van der Waals surface area contributed by atoms with Gasteiger partial charge in [0.1, 0.15) is 11.8 Å². The number of furan rings is 1. The van der Waals surface area contributed by atoms with Crippen LogP contribution in [0.5, 0.6) is 0 Å². The summed E-state index contributed by atoms with van der Waals surface area (Å²) in [5.74, 6) is 1.75. The van der Waals surface area contributed by atoms with Gasteiger partial charge in [0.15, 0.2) is 5.82 Å². The summed E-state index contributed by atoms with van der Waals surface area (Å²) in [4.78, 5) is 3.57. The van der Waals surface area contributed by atoms with E-state index in [0.717, 1.165) is 18.1 Å². The number of benzene rings is 1. The molecule has 4 rings (SSSR count). The smallest absolute Gasteiger partial charge is 0.174 e. The Labute approximate surface area is 174 Å². The molecule has 1 atom stereocenters. The highest BCUT2D eigenvalue weighted by Gasteiger charge is 2.32. The van der Waals surface area contributed by atoms with Crippen molar-refractivity contribution in [3.8, 4) is 0 Å². The summed E-state index contributed by atoms with van der Waals surface area (Å²) in [6, 6.07) is 18.5. The van der Waals surface area contributed by atoms with E-state index in [9.17, 15) is 0 Å². The quantitative estimate of drug-likeness (QED) is 0.437. The van der Waals surface area contributed by atoms with E-state index in [0.29, 0.717) is 6.54 Å². The molecule has 0 N–H and O–H groups in total. The lowest BCUT2D eigenvalue weighted by Gasteiger charge is -2.32. The molecule has 1 aromatic carbocycles. The maximum atomic E-state index is 5.69. The van der Waals surface area contributed by atoms with E-state index in [1.54, 1.807) is 17.6 Å². The van der Waals surface area contributed by atoms with Crippen LogP contribution in [-0.2, 0) is 18.6 Å². The van der Waals surface area contributed by atoms with Gasteiger partial charge in [-0.1, -0.05) is 36.4 Å². The van der Waals surface area contributed by atoms with E-state index in [2.05, 4.69) is 83.0 Å². The van der Waals surface area contributed by atoms with Crippen LogP contribution >= 0.6 is 11.3 Å². The third-order valence-electron chi connectivity index (χ3n) is 4.72. The van der Waals surface area contributed by atoms with Crippen LogP contribution in [0, 0.1) is 0 Å². The SMILES string of the molecule is CC(C)(C)n1nnnc1[C@@H](c1cccs1)N(Cc1ccccc1)Cc1ccco1. The van der Waals surface area contributed by atoms with Gasteiger partial charge < -0.3 is 4.42 Å². The summed E-state index contributed by atoms with van der Waals surface area (Å²) in [6.45, 7) is 7.76. The minimum absolute atomic E-state index is 0.0884. The first-order valence-corrected chi connectivity index (χ1v) is 10.5. The first-order chi connectivity index (χ1) is 14.0. The Morgan fingerprint density at radius 1 is 1.03 bits per heavy atom. The van der Waals surface area contributed by atoms with Crippen molar-refractivity contribution >= 4 is 11.3 Å². The average Bonchev–Trinajstić information content (AvgIpc) is 3.45. The predicted molar refractivity (Wildman–Crippen MR) is 113 cm³/mol. The number of rotatable bonds is 7. The monoisotopic (exact) mass is 407 g/mol. The van der Waals surface area contributed by atoms with Crippen LogP contribution in [0.25, 0.3) is 0 Å². The number of tetrazole rings is 1. The molecule has 0 bridgehead atoms. The molecule has 4 aromatic rings. The van der Waals surface area contributed by atoms with Crippen LogP contribution in [0.4, 0.5) is 0 Å². The van der Waals surface area contributed by atoms with E-state index in [1.165, 1.54) is 10.4 Å². The fourth-order valence-electron chi connectivity index (χ4n) is 3.42. The van der Waals surface area contributed by atoms with E-state index in [1.807, 2.05) is 22.9 Å².